The smallest absolute Gasteiger partial charge is 0.328 e. The Bertz CT molecular complexity index is 1370. The van der Waals surface area contributed by atoms with Gasteiger partial charge < -0.3 is 10.1 Å². The van der Waals surface area contributed by atoms with Crippen LogP contribution in [0.1, 0.15) is 15.9 Å². The van der Waals surface area contributed by atoms with Gasteiger partial charge in [0.2, 0.25) is 0 Å². The van der Waals surface area contributed by atoms with Crippen LogP contribution in [0.15, 0.2) is 65.6 Å². The maximum atomic E-state index is 14.1. The molecule has 0 aromatic heterocycles. The molecule has 0 unspecified atom stereocenters. The molecule has 0 aliphatic rings. The lowest BCUT2D eigenvalue weighted by atomic mass is 10.0. The summed E-state index contributed by atoms with van der Waals surface area (Å²) in [5, 5.41) is 3.07. The van der Waals surface area contributed by atoms with E-state index >= 15 is 0 Å². The summed E-state index contributed by atoms with van der Waals surface area (Å²) in [5.41, 5.74) is 0.188. The number of nitrogens with one attached hydrogen (secondary N) is 2. The molecule has 0 saturated carbocycles. The molecule has 3 aromatic carbocycles. The third-order valence-corrected chi connectivity index (χ3v) is 6.68. The number of methoxy groups -OCH3 is 1. The Morgan fingerprint density at radius 1 is 0.971 bits per heavy atom. The van der Waals surface area contributed by atoms with Gasteiger partial charge in [-0.25, -0.2) is 22.0 Å². The van der Waals surface area contributed by atoms with E-state index in [1.165, 1.54) is 12.1 Å². The van der Waals surface area contributed by atoms with E-state index < -0.39 is 44.5 Å². The molecule has 12 heteroatoms. The van der Waals surface area contributed by atoms with Crippen molar-refractivity contribution in [3.63, 3.8) is 0 Å². The standard InChI is InChI=1S/C23H18Cl2F2N2O5S/c1-34-23(31)20(10-13-2-4-14(24)5-3-13)28-22(30)17-8-6-15(25)11-19(17)29-35(32,33)21-9-7-16(26)12-18(21)27/h2-9,11-12,20,29H,10H2,1H3,(H,28,30)/t20-/m0/s1. The molecular formula is C23H18Cl2F2N2O5S. The molecule has 0 saturated heterocycles. The highest BCUT2D eigenvalue weighted by atomic mass is 35.5. The van der Waals surface area contributed by atoms with Crippen molar-refractivity contribution in [1.29, 1.82) is 0 Å². The number of sulfonamides is 1. The number of carbonyl (C=O) groups is 2. The molecule has 1 atom stereocenters. The lowest BCUT2D eigenvalue weighted by Crippen LogP contribution is -2.43. The Morgan fingerprint density at radius 3 is 2.26 bits per heavy atom. The van der Waals surface area contributed by atoms with Gasteiger partial charge in [0.15, 0.2) is 0 Å². The van der Waals surface area contributed by atoms with E-state index in [2.05, 4.69) is 10.0 Å². The molecule has 7 nitrogen and oxygen atoms in total. The minimum absolute atomic E-state index is 0.0605. The van der Waals surface area contributed by atoms with Crippen molar-refractivity contribution in [1.82, 2.24) is 5.32 Å². The van der Waals surface area contributed by atoms with Crippen LogP contribution in [0.2, 0.25) is 10.0 Å². The maximum Gasteiger partial charge on any atom is 0.328 e. The predicted molar refractivity (Wildman–Crippen MR) is 127 cm³/mol. The van der Waals surface area contributed by atoms with Crippen molar-refractivity contribution in [3.8, 4) is 0 Å². The molecule has 3 rings (SSSR count). The van der Waals surface area contributed by atoms with Crippen LogP contribution in [-0.2, 0) is 26.0 Å². The number of hydrogen-bond acceptors (Lipinski definition) is 5. The first-order chi connectivity index (χ1) is 16.5. The highest BCUT2D eigenvalue weighted by Gasteiger charge is 2.26. The summed E-state index contributed by atoms with van der Waals surface area (Å²) < 4.78 is 59.6. The van der Waals surface area contributed by atoms with Gasteiger partial charge in [0.05, 0.1) is 18.4 Å². The van der Waals surface area contributed by atoms with E-state index in [-0.39, 0.29) is 22.7 Å². The molecule has 0 aliphatic carbocycles. The van der Waals surface area contributed by atoms with Crippen LogP contribution in [-0.4, -0.2) is 33.4 Å². The van der Waals surface area contributed by atoms with Crippen LogP contribution >= 0.6 is 23.2 Å². The van der Waals surface area contributed by atoms with Crippen molar-refractivity contribution >= 4 is 50.8 Å². The molecule has 184 valence electrons. The Kier molecular flexibility index (Phi) is 8.31. The van der Waals surface area contributed by atoms with Crippen molar-refractivity contribution in [3.05, 3.63) is 93.5 Å². The van der Waals surface area contributed by atoms with Gasteiger partial charge in [0.25, 0.3) is 15.9 Å². The number of anilines is 1. The SMILES string of the molecule is COC(=O)[C@H](Cc1ccc(Cl)cc1)NC(=O)c1ccc(Cl)cc1NS(=O)(=O)c1ccc(F)cc1F. The van der Waals surface area contributed by atoms with Gasteiger partial charge in [-0.3, -0.25) is 9.52 Å². The summed E-state index contributed by atoms with van der Waals surface area (Å²) in [5.74, 6) is -3.85. The number of ether oxygens (including phenoxy) is 1. The summed E-state index contributed by atoms with van der Waals surface area (Å²) in [6.45, 7) is 0. The van der Waals surface area contributed by atoms with Gasteiger partial charge in [-0.15, -0.1) is 0 Å². The molecular weight excluding hydrogens is 525 g/mol. The van der Waals surface area contributed by atoms with E-state index in [4.69, 9.17) is 27.9 Å². The molecule has 0 spiro atoms. The molecule has 0 radical (unpaired) electrons. The van der Waals surface area contributed by atoms with Crippen LogP contribution in [0.4, 0.5) is 14.5 Å². The fraction of sp³-hybridized carbons (Fsp3) is 0.130. The zero-order valence-corrected chi connectivity index (χ0v) is 20.3. The predicted octanol–water partition coefficient (Wildman–Crippen LogP) is 4.59. The number of halogens is 4. The van der Waals surface area contributed by atoms with Crippen LogP contribution in [0.5, 0.6) is 0 Å². The van der Waals surface area contributed by atoms with Crippen LogP contribution in [0.3, 0.4) is 0 Å². The lowest BCUT2D eigenvalue weighted by molar-refractivity contribution is -0.142. The normalized spacial score (nSPS) is 12.0. The van der Waals surface area contributed by atoms with Gasteiger partial charge in [-0.2, -0.15) is 0 Å². The van der Waals surface area contributed by atoms with E-state index in [1.807, 2.05) is 0 Å². The van der Waals surface area contributed by atoms with Crippen molar-refractivity contribution in [2.75, 3.05) is 11.8 Å². The van der Waals surface area contributed by atoms with Crippen LogP contribution in [0, 0.1) is 11.6 Å². The fourth-order valence-electron chi connectivity index (χ4n) is 3.12. The van der Waals surface area contributed by atoms with E-state index in [9.17, 15) is 26.8 Å². The number of rotatable bonds is 8. The number of amides is 1. The minimum Gasteiger partial charge on any atom is -0.467 e. The molecule has 0 heterocycles. The Balaban J connectivity index is 1.90. The third kappa shape index (κ3) is 6.68. The summed E-state index contributed by atoms with van der Waals surface area (Å²) in [6, 6.07) is 11.1. The maximum absolute atomic E-state index is 14.1. The van der Waals surface area contributed by atoms with Crippen LogP contribution in [0.25, 0.3) is 0 Å². The third-order valence-electron chi connectivity index (χ3n) is 4.80. The number of benzene rings is 3. The average molecular weight is 543 g/mol. The van der Waals surface area contributed by atoms with Gasteiger partial charge in [0, 0.05) is 22.5 Å². The second-order valence-corrected chi connectivity index (χ2v) is 9.77. The second-order valence-electron chi connectivity index (χ2n) is 7.25. The summed E-state index contributed by atoms with van der Waals surface area (Å²) in [7, 11) is -3.41. The fourth-order valence-corrected chi connectivity index (χ4v) is 4.55. The first-order valence-electron chi connectivity index (χ1n) is 9.90. The molecule has 2 N–H and O–H groups in total. The van der Waals surface area contributed by atoms with Crippen LogP contribution < -0.4 is 10.0 Å². The summed E-state index contributed by atoms with van der Waals surface area (Å²) in [4.78, 5) is 24.5. The van der Waals surface area contributed by atoms with Crippen molar-refractivity contribution < 1.29 is 31.5 Å². The first kappa shape index (κ1) is 26.4. The Hall–Kier alpha value is -3.21. The quantitative estimate of drug-likeness (QED) is 0.405. The van der Waals surface area contributed by atoms with Gasteiger partial charge in [-0.05, 0) is 48.0 Å². The Morgan fingerprint density at radius 2 is 1.63 bits per heavy atom. The molecule has 0 fully saturated rings. The van der Waals surface area contributed by atoms with Gasteiger partial charge in [-0.1, -0.05) is 35.3 Å². The molecule has 0 aliphatic heterocycles. The largest absolute Gasteiger partial charge is 0.467 e. The number of hydrogen-bond donors (Lipinski definition) is 2. The first-order valence-corrected chi connectivity index (χ1v) is 12.1. The Labute approximate surface area is 210 Å². The highest BCUT2D eigenvalue weighted by molar-refractivity contribution is 7.92. The van der Waals surface area contributed by atoms with Crippen molar-refractivity contribution in [2.24, 2.45) is 0 Å². The minimum atomic E-state index is -4.57. The zero-order valence-electron chi connectivity index (χ0n) is 18.0. The number of esters is 1. The number of carbonyl (C=O) groups excluding carboxylic acids is 2. The van der Waals surface area contributed by atoms with Gasteiger partial charge in [0.1, 0.15) is 22.6 Å². The van der Waals surface area contributed by atoms with Gasteiger partial charge >= 0.3 is 5.97 Å². The lowest BCUT2D eigenvalue weighted by Gasteiger charge is -2.19. The molecule has 3 aromatic rings. The summed E-state index contributed by atoms with van der Waals surface area (Å²) >= 11 is 11.8. The van der Waals surface area contributed by atoms with E-state index in [0.717, 1.165) is 25.3 Å². The van der Waals surface area contributed by atoms with Crippen molar-refractivity contribution in [2.45, 2.75) is 17.4 Å². The topological polar surface area (TPSA) is 102 Å². The molecule has 35 heavy (non-hydrogen) atoms. The molecule has 0 bridgehead atoms. The van der Waals surface area contributed by atoms with E-state index in [0.29, 0.717) is 16.7 Å². The second kappa shape index (κ2) is 11.0. The zero-order chi connectivity index (χ0) is 25.8. The summed E-state index contributed by atoms with van der Waals surface area (Å²) in [6.07, 6.45) is 0.0605. The highest BCUT2D eigenvalue weighted by Crippen LogP contribution is 2.26. The molecule has 1 amide bonds. The monoisotopic (exact) mass is 542 g/mol. The average Bonchev–Trinajstić information content (AvgIpc) is 2.79. The van der Waals surface area contributed by atoms with E-state index in [1.54, 1.807) is 24.3 Å².